The van der Waals surface area contributed by atoms with Crippen molar-refractivity contribution in [3.05, 3.63) is 63.7 Å². The summed E-state index contributed by atoms with van der Waals surface area (Å²) in [6, 6.07) is 9.52. The quantitative estimate of drug-likeness (QED) is 0.713. The van der Waals surface area contributed by atoms with E-state index < -0.39 is 17.6 Å². The van der Waals surface area contributed by atoms with E-state index in [2.05, 4.69) is 15.2 Å². The number of carbonyl (C=O) groups excluding carboxylic acids is 2. The highest BCUT2D eigenvalue weighted by molar-refractivity contribution is 6.33. The van der Waals surface area contributed by atoms with E-state index in [-0.39, 0.29) is 17.1 Å². The van der Waals surface area contributed by atoms with Crippen molar-refractivity contribution in [2.24, 2.45) is 0 Å². The second kappa shape index (κ2) is 6.78. The zero-order valence-corrected chi connectivity index (χ0v) is 13.9. The number of fused-ring (bicyclic) bond motifs is 1. The van der Waals surface area contributed by atoms with E-state index in [1.165, 1.54) is 23.6 Å². The third-order valence-electron chi connectivity index (χ3n) is 3.44. The number of carbonyl (C=O) groups is 2. The molecule has 0 aliphatic carbocycles. The molecular formula is C16H13ClN4O4. The molecule has 0 atom stereocenters. The molecule has 1 aromatic carbocycles. The lowest BCUT2D eigenvalue weighted by atomic mass is 10.2. The third-order valence-corrected chi connectivity index (χ3v) is 3.77. The monoisotopic (exact) mass is 360 g/mol. The minimum absolute atomic E-state index is 0.131. The van der Waals surface area contributed by atoms with Crippen molar-refractivity contribution in [1.82, 2.24) is 14.2 Å². The predicted molar refractivity (Wildman–Crippen MR) is 90.9 cm³/mol. The van der Waals surface area contributed by atoms with Crippen LogP contribution in [0.3, 0.4) is 0 Å². The Hall–Kier alpha value is -3.13. The molecule has 3 aromatic rings. The summed E-state index contributed by atoms with van der Waals surface area (Å²) in [6.45, 7) is -0.267. The van der Waals surface area contributed by atoms with Gasteiger partial charge >= 0.3 is 11.7 Å². The Morgan fingerprint density at radius 1 is 1.28 bits per heavy atom. The number of halogens is 1. The fourth-order valence-corrected chi connectivity index (χ4v) is 2.47. The zero-order valence-electron chi connectivity index (χ0n) is 13.1. The van der Waals surface area contributed by atoms with Gasteiger partial charge in [0.05, 0.1) is 17.7 Å². The van der Waals surface area contributed by atoms with Gasteiger partial charge in [0.2, 0.25) is 5.91 Å². The van der Waals surface area contributed by atoms with Gasteiger partial charge in [-0.15, -0.1) is 5.10 Å². The standard InChI is InChI=1S/C16H13ClN4O4/c1-25-15(23)11-8-10(5-6-12(11)17)18-14(22)9-21-16(24)20-7-3-2-4-13(20)19-21/h2-8H,9H2,1H3,(H,18,22). The van der Waals surface area contributed by atoms with Gasteiger partial charge in [0.25, 0.3) is 0 Å². The fraction of sp³-hybridized carbons (Fsp3) is 0.125. The van der Waals surface area contributed by atoms with Crippen LogP contribution in [0.15, 0.2) is 47.4 Å². The van der Waals surface area contributed by atoms with Crippen LogP contribution in [0.25, 0.3) is 5.65 Å². The number of nitrogens with one attached hydrogen (secondary N) is 1. The second-order valence-corrected chi connectivity index (χ2v) is 5.51. The number of anilines is 1. The maximum Gasteiger partial charge on any atom is 0.350 e. The molecule has 0 spiro atoms. The van der Waals surface area contributed by atoms with E-state index in [0.717, 1.165) is 4.68 Å². The smallest absolute Gasteiger partial charge is 0.350 e. The molecule has 3 rings (SSSR count). The fourth-order valence-electron chi connectivity index (χ4n) is 2.28. The van der Waals surface area contributed by atoms with Gasteiger partial charge in [-0.3, -0.25) is 9.20 Å². The molecular weight excluding hydrogens is 348 g/mol. The molecule has 25 heavy (non-hydrogen) atoms. The lowest BCUT2D eigenvalue weighted by Crippen LogP contribution is -2.28. The summed E-state index contributed by atoms with van der Waals surface area (Å²) in [5, 5.41) is 6.88. The summed E-state index contributed by atoms with van der Waals surface area (Å²) in [7, 11) is 1.24. The lowest BCUT2D eigenvalue weighted by Gasteiger charge is -2.08. The Bertz CT molecular complexity index is 1020. The molecule has 0 unspecified atom stereocenters. The van der Waals surface area contributed by atoms with Crippen LogP contribution in [-0.4, -0.2) is 33.2 Å². The Morgan fingerprint density at radius 3 is 2.80 bits per heavy atom. The third kappa shape index (κ3) is 3.38. The molecule has 8 nitrogen and oxygen atoms in total. The molecule has 9 heteroatoms. The van der Waals surface area contributed by atoms with Gasteiger partial charge in [-0.1, -0.05) is 17.7 Å². The molecule has 0 radical (unpaired) electrons. The van der Waals surface area contributed by atoms with Crippen molar-refractivity contribution in [2.45, 2.75) is 6.54 Å². The first-order chi connectivity index (χ1) is 12.0. The second-order valence-electron chi connectivity index (χ2n) is 5.10. The first-order valence-corrected chi connectivity index (χ1v) is 7.59. The first-order valence-electron chi connectivity index (χ1n) is 7.21. The van der Waals surface area contributed by atoms with Crippen LogP contribution in [0, 0.1) is 0 Å². The van der Waals surface area contributed by atoms with Crippen molar-refractivity contribution < 1.29 is 14.3 Å². The summed E-state index contributed by atoms with van der Waals surface area (Å²) in [5.74, 6) is -1.08. The summed E-state index contributed by atoms with van der Waals surface area (Å²) in [5.41, 5.74) is 0.510. The number of pyridine rings is 1. The van der Waals surface area contributed by atoms with Crippen LogP contribution in [0.5, 0.6) is 0 Å². The number of hydrogen-bond acceptors (Lipinski definition) is 5. The number of nitrogens with zero attached hydrogens (tertiary/aromatic N) is 3. The Morgan fingerprint density at radius 2 is 2.08 bits per heavy atom. The average molecular weight is 361 g/mol. The number of ether oxygens (including phenoxy) is 1. The molecule has 0 aliphatic rings. The SMILES string of the molecule is COC(=O)c1cc(NC(=O)Cn2nc3ccccn3c2=O)ccc1Cl. The molecule has 128 valence electrons. The normalized spacial score (nSPS) is 10.6. The van der Waals surface area contributed by atoms with Gasteiger partial charge in [0.1, 0.15) is 6.54 Å². The number of aromatic nitrogens is 3. The van der Waals surface area contributed by atoms with E-state index in [1.807, 2.05) is 0 Å². The minimum Gasteiger partial charge on any atom is -0.465 e. The topological polar surface area (TPSA) is 94.7 Å². The molecule has 0 saturated heterocycles. The summed E-state index contributed by atoms with van der Waals surface area (Å²) in [4.78, 5) is 36.0. The molecule has 2 heterocycles. The minimum atomic E-state index is -0.613. The summed E-state index contributed by atoms with van der Waals surface area (Å²) >= 11 is 5.93. The maximum absolute atomic E-state index is 12.2. The molecule has 0 aliphatic heterocycles. The van der Waals surface area contributed by atoms with E-state index in [0.29, 0.717) is 11.3 Å². The molecule has 1 N–H and O–H groups in total. The first kappa shape index (κ1) is 16.7. The van der Waals surface area contributed by atoms with Crippen LogP contribution in [-0.2, 0) is 16.1 Å². The molecule has 0 bridgehead atoms. The van der Waals surface area contributed by atoms with Crippen molar-refractivity contribution >= 4 is 34.8 Å². The van der Waals surface area contributed by atoms with Gasteiger partial charge < -0.3 is 10.1 Å². The average Bonchev–Trinajstić information content (AvgIpc) is 2.92. The van der Waals surface area contributed by atoms with E-state index in [9.17, 15) is 14.4 Å². The van der Waals surface area contributed by atoms with Crippen LogP contribution in [0.1, 0.15) is 10.4 Å². The number of rotatable bonds is 4. The van der Waals surface area contributed by atoms with Crippen LogP contribution in [0.2, 0.25) is 5.02 Å². The van der Waals surface area contributed by atoms with Crippen molar-refractivity contribution in [3.8, 4) is 0 Å². The van der Waals surface area contributed by atoms with Crippen LogP contribution in [0.4, 0.5) is 5.69 Å². The van der Waals surface area contributed by atoms with E-state index >= 15 is 0 Å². The van der Waals surface area contributed by atoms with Crippen molar-refractivity contribution in [1.29, 1.82) is 0 Å². The predicted octanol–water partition coefficient (Wildman–Crippen LogP) is 1.57. The molecule has 1 amide bonds. The molecule has 2 aromatic heterocycles. The lowest BCUT2D eigenvalue weighted by molar-refractivity contribution is -0.117. The summed E-state index contributed by atoms with van der Waals surface area (Å²) in [6.07, 6.45) is 1.57. The van der Waals surface area contributed by atoms with Gasteiger partial charge in [-0.05, 0) is 30.3 Å². The van der Waals surface area contributed by atoms with Gasteiger partial charge in [0, 0.05) is 11.9 Å². The molecule has 0 fully saturated rings. The maximum atomic E-state index is 12.2. The van der Waals surface area contributed by atoms with Crippen molar-refractivity contribution in [2.75, 3.05) is 12.4 Å². The van der Waals surface area contributed by atoms with Gasteiger partial charge in [-0.2, -0.15) is 0 Å². The largest absolute Gasteiger partial charge is 0.465 e. The number of amides is 1. The van der Waals surface area contributed by atoms with Crippen LogP contribution < -0.4 is 11.0 Å². The number of esters is 1. The zero-order chi connectivity index (χ0) is 18.0. The number of benzene rings is 1. The number of hydrogen-bond donors (Lipinski definition) is 1. The highest BCUT2D eigenvalue weighted by Crippen LogP contribution is 2.21. The number of methoxy groups -OCH3 is 1. The highest BCUT2D eigenvalue weighted by Gasteiger charge is 2.14. The van der Waals surface area contributed by atoms with Crippen molar-refractivity contribution in [3.63, 3.8) is 0 Å². The summed E-state index contributed by atoms with van der Waals surface area (Å²) < 4.78 is 7.02. The van der Waals surface area contributed by atoms with E-state index in [1.54, 1.807) is 30.5 Å². The molecule has 0 saturated carbocycles. The Labute approximate surface area is 146 Å². The van der Waals surface area contributed by atoms with Crippen LogP contribution >= 0.6 is 11.6 Å². The van der Waals surface area contributed by atoms with E-state index in [4.69, 9.17) is 11.6 Å². The van der Waals surface area contributed by atoms with Gasteiger partial charge in [0.15, 0.2) is 5.65 Å². The Kier molecular flexibility index (Phi) is 4.53. The highest BCUT2D eigenvalue weighted by atomic mass is 35.5. The Balaban J connectivity index is 1.79. The van der Waals surface area contributed by atoms with Gasteiger partial charge in [-0.25, -0.2) is 14.3 Å².